The van der Waals surface area contributed by atoms with E-state index in [9.17, 15) is 0 Å². The lowest BCUT2D eigenvalue weighted by Crippen LogP contribution is -2.30. The molecule has 162 valence electrons. The van der Waals surface area contributed by atoms with Gasteiger partial charge in [-0.2, -0.15) is 0 Å². The summed E-state index contributed by atoms with van der Waals surface area (Å²) in [7, 11) is 1.68. The molecule has 4 rings (SSSR count). The summed E-state index contributed by atoms with van der Waals surface area (Å²) in [6, 6.07) is 14.0. The fraction of sp³-hybridized carbons (Fsp3) is 0.333. The highest BCUT2D eigenvalue weighted by Gasteiger charge is 2.41. The van der Waals surface area contributed by atoms with Gasteiger partial charge in [0.1, 0.15) is 5.75 Å². The van der Waals surface area contributed by atoms with Gasteiger partial charge in [0.2, 0.25) is 0 Å². The monoisotopic (exact) mass is 454 g/mol. The Kier molecular flexibility index (Phi) is 6.21. The zero-order valence-electron chi connectivity index (χ0n) is 18.2. The second-order valence-electron chi connectivity index (χ2n) is 7.80. The lowest BCUT2D eigenvalue weighted by atomic mass is 9.96. The lowest BCUT2D eigenvalue weighted by molar-refractivity contribution is 0.316. The van der Waals surface area contributed by atoms with Crippen LogP contribution in [0.5, 0.6) is 5.75 Å². The predicted octanol–water partition coefficient (Wildman–Crippen LogP) is 5.53. The van der Waals surface area contributed by atoms with Gasteiger partial charge in [0, 0.05) is 29.2 Å². The molecule has 7 heteroatoms. The van der Waals surface area contributed by atoms with Crippen molar-refractivity contribution in [3.05, 3.63) is 76.3 Å². The Bertz CT molecular complexity index is 1100. The topological polar surface area (TPSA) is 42.3 Å². The average molecular weight is 455 g/mol. The zero-order chi connectivity index (χ0) is 22.1. The van der Waals surface area contributed by atoms with E-state index in [2.05, 4.69) is 52.7 Å². The number of nitrogens with zero attached hydrogens (tertiary/aromatic N) is 3. The molecule has 0 aliphatic carbocycles. The first-order chi connectivity index (χ1) is 15.0. The van der Waals surface area contributed by atoms with Crippen molar-refractivity contribution in [2.45, 2.75) is 39.3 Å². The van der Waals surface area contributed by atoms with E-state index in [1.54, 1.807) is 7.11 Å². The summed E-state index contributed by atoms with van der Waals surface area (Å²) in [5.41, 5.74) is 5.38. The van der Waals surface area contributed by atoms with Crippen LogP contribution in [0.3, 0.4) is 0 Å². The van der Waals surface area contributed by atoms with Gasteiger partial charge in [-0.1, -0.05) is 24.6 Å². The first-order valence-corrected chi connectivity index (χ1v) is 11.3. The fourth-order valence-electron chi connectivity index (χ4n) is 4.52. The van der Waals surface area contributed by atoms with Crippen molar-refractivity contribution in [1.29, 1.82) is 0 Å². The molecule has 1 saturated heterocycles. The highest BCUT2D eigenvalue weighted by atomic mass is 35.5. The highest BCUT2D eigenvalue weighted by molar-refractivity contribution is 7.80. The maximum absolute atomic E-state index is 6.34. The fourth-order valence-corrected chi connectivity index (χ4v) is 5.02. The Morgan fingerprint density at radius 3 is 2.68 bits per heavy atom. The molecular weight excluding hydrogens is 428 g/mol. The molecule has 1 aliphatic rings. The van der Waals surface area contributed by atoms with E-state index in [1.807, 2.05) is 36.5 Å². The molecule has 0 saturated carbocycles. The number of thiocarbonyl (C=S) groups is 1. The number of hydrogen-bond donors (Lipinski definition) is 1. The summed E-state index contributed by atoms with van der Waals surface area (Å²) in [5.74, 6) is 0.782. The van der Waals surface area contributed by atoms with E-state index in [-0.39, 0.29) is 12.1 Å². The molecule has 1 N–H and O–H groups in total. The molecule has 0 spiro atoms. The van der Waals surface area contributed by atoms with E-state index in [4.69, 9.17) is 28.6 Å². The number of aromatic nitrogens is 2. The molecule has 1 fully saturated rings. The average Bonchev–Trinajstić information content (AvgIpc) is 3.24. The third kappa shape index (κ3) is 3.90. The smallest absolute Gasteiger partial charge is 0.170 e. The van der Waals surface area contributed by atoms with E-state index in [1.165, 1.54) is 5.56 Å². The van der Waals surface area contributed by atoms with Crippen LogP contribution >= 0.6 is 23.8 Å². The number of nitrogens with one attached hydrogen (secondary N) is 1. The molecule has 31 heavy (non-hydrogen) atoms. The highest BCUT2D eigenvalue weighted by Crippen LogP contribution is 2.42. The molecule has 3 heterocycles. The second kappa shape index (κ2) is 8.89. The minimum Gasteiger partial charge on any atom is -0.495 e. The van der Waals surface area contributed by atoms with Gasteiger partial charge < -0.3 is 19.5 Å². The van der Waals surface area contributed by atoms with Crippen molar-refractivity contribution in [3.8, 4) is 11.4 Å². The van der Waals surface area contributed by atoms with Crippen LogP contribution in [0, 0.1) is 13.8 Å². The van der Waals surface area contributed by atoms with Crippen LogP contribution in [0.1, 0.15) is 48.1 Å². The van der Waals surface area contributed by atoms with Crippen molar-refractivity contribution in [1.82, 2.24) is 19.8 Å². The van der Waals surface area contributed by atoms with Crippen LogP contribution in [0.2, 0.25) is 5.02 Å². The number of benzene rings is 1. The second-order valence-corrected chi connectivity index (χ2v) is 8.62. The Labute approximate surface area is 194 Å². The van der Waals surface area contributed by atoms with Gasteiger partial charge >= 0.3 is 0 Å². The summed E-state index contributed by atoms with van der Waals surface area (Å²) in [5, 5.41) is 4.97. The van der Waals surface area contributed by atoms with Crippen LogP contribution in [0.25, 0.3) is 5.69 Å². The Morgan fingerprint density at radius 2 is 2.00 bits per heavy atom. The van der Waals surface area contributed by atoms with Gasteiger partial charge in [0.15, 0.2) is 5.11 Å². The molecule has 0 amide bonds. The molecule has 2 aromatic heterocycles. The number of ether oxygens (including phenoxy) is 1. The van der Waals surface area contributed by atoms with Crippen LogP contribution in [0.15, 0.2) is 48.7 Å². The van der Waals surface area contributed by atoms with Crippen molar-refractivity contribution in [2.75, 3.05) is 13.7 Å². The summed E-state index contributed by atoms with van der Waals surface area (Å²) >= 11 is 12.1. The molecular formula is C24H27ClN4OS. The number of hydrogen-bond acceptors (Lipinski definition) is 3. The number of rotatable bonds is 6. The van der Waals surface area contributed by atoms with E-state index in [0.717, 1.165) is 46.6 Å². The van der Waals surface area contributed by atoms with Crippen molar-refractivity contribution < 1.29 is 4.74 Å². The molecule has 5 nitrogen and oxygen atoms in total. The van der Waals surface area contributed by atoms with E-state index in [0.29, 0.717) is 5.02 Å². The van der Waals surface area contributed by atoms with Crippen molar-refractivity contribution >= 4 is 28.9 Å². The number of halogens is 1. The van der Waals surface area contributed by atoms with Gasteiger partial charge in [-0.3, -0.25) is 4.98 Å². The Morgan fingerprint density at radius 1 is 1.19 bits per heavy atom. The number of methoxy groups -OCH3 is 1. The van der Waals surface area contributed by atoms with Crippen molar-refractivity contribution in [3.63, 3.8) is 0 Å². The SMILES string of the molecule is CCCN1C(=S)N[C@H](c2ccccn2)[C@@H]1c1cc(C)n(-c2cc(Cl)ccc2OC)c1C. The van der Waals surface area contributed by atoms with E-state index >= 15 is 0 Å². The summed E-state index contributed by atoms with van der Waals surface area (Å²) in [6.45, 7) is 7.30. The van der Waals surface area contributed by atoms with Crippen LogP contribution in [-0.2, 0) is 0 Å². The molecule has 1 aromatic carbocycles. The van der Waals surface area contributed by atoms with Gasteiger partial charge in [-0.15, -0.1) is 0 Å². The molecule has 0 radical (unpaired) electrons. The van der Waals surface area contributed by atoms with Crippen molar-refractivity contribution in [2.24, 2.45) is 0 Å². The predicted molar refractivity (Wildman–Crippen MR) is 129 cm³/mol. The van der Waals surface area contributed by atoms with Gasteiger partial charge in [-0.25, -0.2) is 0 Å². The minimum absolute atomic E-state index is 0.0181. The molecule has 3 aromatic rings. The van der Waals surface area contributed by atoms with Gasteiger partial charge in [0.25, 0.3) is 0 Å². The maximum Gasteiger partial charge on any atom is 0.170 e. The quantitative estimate of drug-likeness (QED) is 0.496. The standard InChI is InChI=1S/C24H27ClN4OS/c1-5-12-28-23(22(27-24(28)31)19-8-6-7-11-26-19)18-13-15(2)29(16(18)3)20-14-17(25)9-10-21(20)30-4/h6-11,13-14,22-23H,5,12H2,1-4H3,(H,27,31)/t22-,23+/m1/s1. The van der Waals surface area contributed by atoms with E-state index < -0.39 is 0 Å². The zero-order valence-corrected chi connectivity index (χ0v) is 19.8. The van der Waals surface area contributed by atoms with Gasteiger partial charge in [0.05, 0.1) is 30.6 Å². The first kappa shape index (κ1) is 21.7. The van der Waals surface area contributed by atoms with Crippen LogP contribution in [0.4, 0.5) is 0 Å². The summed E-state index contributed by atoms with van der Waals surface area (Å²) in [4.78, 5) is 6.92. The molecule has 0 unspecified atom stereocenters. The summed E-state index contributed by atoms with van der Waals surface area (Å²) < 4.78 is 7.84. The maximum atomic E-state index is 6.34. The van der Waals surface area contributed by atoms with Gasteiger partial charge in [-0.05, 0) is 74.4 Å². The third-order valence-corrected chi connectivity index (χ3v) is 6.42. The molecule has 2 atom stereocenters. The Hall–Kier alpha value is -2.57. The normalized spacial score (nSPS) is 18.4. The number of pyridine rings is 1. The number of aryl methyl sites for hydroxylation is 1. The lowest BCUT2D eigenvalue weighted by Gasteiger charge is -2.28. The van der Waals surface area contributed by atoms with Crippen LogP contribution < -0.4 is 10.1 Å². The third-order valence-electron chi connectivity index (χ3n) is 5.83. The minimum atomic E-state index is -0.0181. The largest absolute Gasteiger partial charge is 0.495 e. The summed E-state index contributed by atoms with van der Waals surface area (Å²) in [6.07, 6.45) is 2.84. The first-order valence-electron chi connectivity index (χ1n) is 10.5. The molecule has 0 bridgehead atoms. The Balaban J connectivity index is 1.87. The molecule has 1 aliphatic heterocycles. The van der Waals surface area contributed by atoms with Crippen LogP contribution in [-0.4, -0.2) is 33.2 Å².